The number of rotatable bonds is 5. The zero-order chi connectivity index (χ0) is 13.1. The van der Waals surface area contributed by atoms with E-state index in [0.717, 1.165) is 44.2 Å². The SMILES string of the molecule is CCC1(CNCc2cccc3c2OCCCO3)CC1. The molecule has 3 nitrogen and oxygen atoms in total. The molecular formula is C16H23NO2. The minimum absolute atomic E-state index is 0.586. The summed E-state index contributed by atoms with van der Waals surface area (Å²) in [4.78, 5) is 0. The molecule has 3 rings (SSSR count). The van der Waals surface area contributed by atoms with Crippen LogP contribution in [0.3, 0.4) is 0 Å². The molecule has 3 heteroatoms. The number of hydrogen-bond acceptors (Lipinski definition) is 3. The molecule has 1 aromatic rings. The maximum Gasteiger partial charge on any atom is 0.165 e. The highest BCUT2D eigenvalue weighted by atomic mass is 16.5. The zero-order valence-electron chi connectivity index (χ0n) is 11.7. The van der Waals surface area contributed by atoms with Crippen LogP contribution in [0.4, 0.5) is 0 Å². The van der Waals surface area contributed by atoms with E-state index in [0.29, 0.717) is 5.41 Å². The van der Waals surface area contributed by atoms with Gasteiger partial charge in [0, 0.05) is 25.1 Å². The van der Waals surface area contributed by atoms with Gasteiger partial charge in [0.25, 0.3) is 0 Å². The fourth-order valence-electron chi connectivity index (χ4n) is 2.69. The second kappa shape index (κ2) is 5.41. The molecule has 0 bridgehead atoms. The molecule has 0 amide bonds. The van der Waals surface area contributed by atoms with Gasteiger partial charge in [-0.05, 0) is 30.7 Å². The summed E-state index contributed by atoms with van der Waals surface area (Å²) in [6, 6.07) is 6.18. The molecule has 1 saturated carbocycles. The first-order valence-corrected chi connectivity index (χ1v) is 7.41. The van der Waals surface area contributed by atoms with Gasteiger partial charge < -0.3 is 14.8 Å². The summed E-state index contributed by atoms with van der Waals surface area (Å²) in [6.07, 6.45) is 5.00. The lowest BCUT2D eigenvalue weighted by molar-refractivity contribution is 0.295. The molecule has 0 radical (unpaired) electrons. The van der Waals surface area contributed by atoms with Gasteiger partial charge in [-0.3, -0.25) is 0 Å². The van der Waals surface area contributed by atoms with Crippen LogP contribution in [-0.4, -0.2) is 19.8 Å². The van der Waals surface area contributed by atoms with Crippen LogP contribution in [0, 0.1) is 5.41 Å². The normalized spacial score (nSPS) is 19.8. The topological polar surface area (TPSA) is 30.5 Å². The molecule has 1 fully saturated rings. The van der Waals surface area contributed by atoms with Gasteiger partial charge in [0.1, 0.15) is 0 Å². The standard InChI is InChI=1S/C16H23NO2/c1-2-16(7-8-16)12-17-11-13-5-3-6-14-15(13)19-10-4-9-18-14/h3,5-6,17H,2,4,7-12H2,1H3. The Morgan fingerprint density at radius 3 is 2.84 bits per heavy atom. The van der Waals surface area contributed by atoms with Crippen molar-refractivity contribution >= 4 is 0 Å². The van der Waals surface area contributed by atoms with Gasteiger partial charge >= 0.3 is 0 Å². The fraction of sp³-hybridized carbons (Fsp3) is 0.625. The van der Waals surface area contributed by atoms with Crippen molar-refractivity contribution in [2.75, 3.05) is 19.8 Å². The van der Waals surface area contributed by atoms with Crippen LogP contribution in [0.1, 0.15) is 38.2 Å². The van der Waals surface area contributed by atoms with Crippen LogP contribution >= 0.6 is 0 Å². The van der Waals surface area contributed by atoms with E-state index in [1.54, 1.807) is 0 Å². The van der Waals surface area contributed by atoms with Crippen LogP contribution < -0.4 is 14.8 Å². The molecule has 0 spiro atoms. The average Bonchev–Trinajstić information content (AvgIpc) is 3.22. The van der Waals surface area contributed by atoms with Crippen LogP contribution in [0.15, 0.2) is 18.2 Å². The summed E-state index contributed by atoms with van der Waals surface area (Å²) in [5, 5.41) is 3.59. The smallest absolute Gasteiger partial charge is 0.165 e. The molecule has 1 aliphatic heterocycles. The molecule has 1 heterocycles. The number of nitrogens with one attached hydrogen (secondary N) is 1. The molecule has 19 heavy (non-hydrogen) atoms. The maximum atomic E-state index is 5.84. The third kappa shape index (κ3) is 2.86. The van der Waals surface area contributed by atoms with Crippen molar-refractivity contribution < 1.29 is 9.47 Å². The minimum atomic E-state index is 0.586. The molecule has 0 saturated heterocycles. The number of para-hydroxylation sites is 1. The van der Waals surface area contributed by atoms with Gasteiger partial charge in [-0.25, -0.2) is 0 Å². The van der Waals surface area contributed by atoms with Gasteiger partial charge in [0.2, 0.25) is 0 Å². The highest BCUT2D eigenvalue weighted by molar-refractivity contribution is 5.47. The molecule has 0 aromatic heterocycles. The predicted molar refractivity (Wildman–Crippen MR) is 75.7 cm³/mol. The van der Waals surface area contributed by atoms with Crippen LogP contribution in [0.2, 0.25) is 0 Å². The highest BCUT2D eigenvalue weighted by Crippen LogP contribution is 2.48. The molecule has 2 aliphatic rings. The summed E-state index contributed by atoms with van der Waals surface area (Å²) in [6.45, 7) is 5.79. The fourth-order valence-corrected chi connectivity index (χ4v) is 2.69. The summed E-state index contributed by atoms with van der Waals surface area (Å²) in [5.74, 6) is 1.84. The second-order valence-corrected chi connectivity index (χ2v) is 5.75. The molecule has 1 aliphatic carbocycles. The first kappa shape index (κ1) is 12.8. The molecule has 1 N–H and O–H groups in total. The first-order chi connectivity index (χ1) is 9.33. The molecule has 104 valence electrons. The van der Waals surface area contributed by atoms with Gasteiger partial charge in [0.05, 0.1) is 13.2 Å². The second-order valence-electron chi connectivity index (χ2n) is 5.75. The van der Waals surface area contributed by atoms with Crippen molar-refractivity contribution in [2.45, 2.75) is 39.2 Å². The Hall–Kier alpha value is -1.22. The summed E-state index contributed by atoms with van der Waals surface area (Å²) >= 11 is 0. The third-order valence-corrected chi connectivity index (χ3v) is 4.38. The van der Waals surface area contributed by atoms with Crippen molar-refractivity contribution in [3.8, 4) is 11.5 Å². The van der Waals surface area contributed by atoms with E-state index in [-0.39, 0.29) is 0 Å². The van der Waals surface area contributed by atoms with Gasteiger partial charge in [0.15, 0.2) is 11.5 Å². The van der Waals surface area contributed by atoms with E-state index in [1.165, 1.54) is 24.8 Å². The lowest BCUT2D eigenvalue weighted by atomic mass is 10.0. The highest BCUT2D eigenvalue weighted by Gasteiger charge is 2.39. The maximum absolute atomic E-state index is 5.84. The molecule has 1 aromatic carbocycles. The number of hydrogen-bond donors (Lipinski definition) is 1. The van der Waals surface area contributed by atoms with Crippen molar-refractivity contribution in [3.63, 3.8) is 0 Å². The first-order valence-electron chi connectivity index (χ1n) is 7.41. The monoisotopic (exact) mass is 261 g/mol. The predicted octanol–water partition coefficient (Wildman–Crippen LogP) is 3.13. The zero-order valence-corrected chi connectivity index (χ0v) is 11.7. The van der Waals surface area contributed by atoms with E-state index < -0.39 is 0 Å². The Kier molecular flexibility index (Phi) is 3.65. The molecule has 0 unspecified atom stereocenters. The Bertz CT molecular complexity index is 440. The van der Waals surface area contributed by atoms with Gasteiger partial charge in [-0.1, -0.05) is 19.1 Å². The van der Waals surface area contributed by atoms with Crippen molar-refractivity contribution in [1.82, 2.24) is 5.32 Å². The third-order valence-electron chi connectivity index (χ3n) is 4.38. The molecule has 0 atom stereocenters. The van der Waals surface area contributed by atoms with E-state index >= 15 is 0 Å². The van der Waals surface area contributed by atoms with Crippen molar-refractivity contribution in [1.29, 1.82) is 0 Å². The summed E-state index contributed by atoms with van der Waals surface area (Å²) in [5.41, 5.74) is 1.80. The van der Waals surface area contributed by atoms with E-state index in [1.807, 2.05) is 6.07 Å². The van der Waals surface area contributed by atoms with Gasteiger partial charge in [-0.2, -0.15) is 0 Å². The quantitative estimate of drug-likeness (QED) is 0.883. The Labute approximate surface area is 115 Å². The van der Waals surface area contributed by atoms with Crippen molar-refractivity contribution in [3.05, 3.63) is 23.8 Å². The Balaban J connectivity index is 1.64. The van der Waals surface area contributed by atoms with E-state index in [4.69, 9.17) is 9.47 Å². The van der Waals surface area contributed by atoms with Crippen LogP contribution in [-0.2, 0) is 6.54 Å². The van der Waals surface area contributed by atoms with Gasteiger partial charge in [-0.15, -0.1) is 0 Å². The Morgan fingerprint density at radius 2 is 2.05 bits per heavy atom. The number of fused-ring (bicyclic) bond motifs is 1. The minimum Gasteiger partial charge on any atom is -0.490 e. The van der Waals surface area contributed by atoms with E-state index in [9.17, 15) is 0 Å². The lowest BCUT2D eigenvalue weighted by Crippen LogP contribution is -2.23. The summed E-state index contributed by atoms with van der Waals surface area (Å²) in [7, 11) is 0. The average molecular weight is 261 g/mol. The number of ether oxygens (including phenoxy) is 2. The van der Waals surface area contributed by atoms with Crippen LogP contribution in [0.5, 0.6) is 11.5 Å². The number of benzene rings is 1. The van der Waals surface area contributed by atoms with E-state index in [2.05, 4.69) is 24.4 Å². The lowest BCUT2D eigenvalue weighted by Gasteiger charge is -2.16. The molecular weight excluding hydrogens is 238 g/mol. The van der Waals surface area contributed by atoms with Crippen LogP contribution in [0.25, 0.3) is 0 Å². The largest absolute Gasteiger partial charge is 0.490 e. The summed E-state index contributed by atoms with van der Waals surface area (Å²) < 4.78 is 11.6. The van der Waals surface area contributed by atoms with Crippen molar-refractivity contribution in [2.24, 2.45) is 5.41 Å². The Morgan fingerprint density at radius 1 is 1.21 bits per heavy atom.